The predicted molar refractivity (Wildman–Crippen MR) is 83.6 cm³/mol. The summed E-state index contributed by atoms with van der Waals surface area (Å²) in [6.07, 6.45) is -0.183. The summed E-state index contributed by atoms with van der Waals surface area (Å²) in [4.78, 5) is 2.23. The van der Waals surface area contributed by atoms with Crippen LogP contribution < -0.4 is 5.73 Å². The van der Waals surface area contributed by atoms with E-state index >= 15 is 0 Å². The molecule has 5 heteroatoms. The molecule has 0 saturated carbocycles. The third kappa shape index (κ3) is 4.27. The standard InChI is InChI=1S/C16H25N3O2/c1-16(2)11-19(8-13(10-20)21-16)9-14(15(17)18)12-6-4-3-5-7-12/h3-7,13-14,20H,8-11H2,1-2H3,(H3,17,18). The highest BCUT2D eigenvalue weighted by Crippen LogP contribution is 2.24. The second-order valence-corrected chi connectivity index (χ2v) is 6.29. The van der Waals surface area contributed by atoms with Gasteiger partial charge in [0.1, 0.15) is 0 Å². The van der Waals surface area contributed by atoms with Gasteiger partial charge >= 0.3 is 0 Å². The van der Waals surface area contributed by atoms with Gasteiger partial charge in [-0.25, -0.2) is 0 Å². The molecule has 1 aliphatic heterocycles. The molecule has 2 atom stereocenters. The van der Waals surface area contributed by atoms with Crippen molar-refractivity contribution < 1.29 is 9.84 Å². The Labute approximate surface area is 126 Å². The summed E-state index contributed by atoms with van der Waals surface area (Å²) >= 11 is 0. The van der Waals surface area contributed by atoms with Gasteiger partial charge in [-0.1, -0.05) is 30.3 Å². The minimum atomic E-state index is -0.302. The highest BCUT2D eigenvalue weighted by molar-refractivity contribution is 5.84. The van der Waals surface area contributed by atoms with Crippen molar-refractivity contribution in [2.75, 3.05) is 26.2 Å². The zero-order valence-corrected chi connectivity index (χ0v) is 12.7. The number of ether oxygens (including phenoxy) is 1. The maximum absolute atomic E-state index is 9.38. The molecule has 0 bridgehead atoms. The van der Waals surface area contributed by atoms with E-state index in [9.17, 15) is 5.11 Å². The molecule has 1 aromatic rings. The number of nitrogens with two attached hydrogens (primary N) is 1. The van der Waals surface area contributed by atoms with Crippen molar-refractivity contribution in [2.24, 2.45) is 5.73 Å². The molecule has 5 nitrogen and oxygen atoms in total. The first-order valence-corrected chi connectivity index (χ1v) is 7.31. The molecule has 116 valence electrons. The van der Waals surface area contributed by atoms with Crippen LogP contribution in [0, 0.1) is 5.41 Å². The fraction of sp³-hybridized carbons (Fsp3) is 0.562. The monoisotopic (exact) mass is 291 g/mol. The van der Waals surface area contributed by atoms with Crippen molar-refractivity contribution in [2.45, 2.75) is 31.5 Å². The summed E-state index contributed by atoms with van der Waals surface area (Å²) in [5, 5.41) is 17.3. The van der Waals surface area contributed by atoms with Crippen LogP contribution in [-0.2, 0) is 4.74 Å². The third-order valence-corrected chi connectivity index (χ3v) is 3.77. The molecule has 0 radical (unpaired) electrons. The van der Waals surface area contributed by atoms with Crippen LogP contribution in [0.15, 0.2) is 30.3 Å². The minimum Gasteiger partial charge on any atom is -0.394 e. The Hall–Kier alpha value is -1.43. The van der Waals surface area contributed by atoms with E-state index in [4.69, 9.17) is 15.9 Å². The van der Waals surface area contributed by atoms with Gasteiger partial charge in [0.2, 0.25) is 0 Å². The Morgan fingerprint density at radius 3 is 2.71 bits per heavy atom. The fourth-order valence-corrected chi connectivity index (χ4v) is 2.98. The van der Waals surface area contributed by atoms with Gasteiger partial charge in [-0.05, 0) is 19.4 Å². The number of benzene rings is 1. The summed E-state index contributed by atoms with van der Waals surface area (Å²) < 4.78 is 5.82. The van der Waals surface area contributed by atoms with Crippen LogP contribution in [0.3, 0.4) is 0 Å². The van der Waals surface area contributed by atoms with Crippen molar-refractivity contribution in [1.29, 1.82) is 5.41 Å². The van der Waals surface area contributed by atoms with Crippen LogP contribution in [-0.4, -0.2) is 53.8 Å². The van der Waals surface area contributed by atoms with E-state index in [1.165, 1.54) is 0 Å². The largest absolute Gasteiger partial charge is 0.394 e. The van der Waals surface area contributed by atoms with Crippen molar-refractivity contribution >= 4 is 5.84 Å². The highest BCUT2D eigenvalue weighted by atomic mass is 16.5. The Kier molecular flexibility index (Phi) is 4.98. The van der Waals surface area contributed by atoms with Gasteiger partial charge in [-0.3, -0.25) is 10.3 Å². The summed E-state index contributed by atoms with van der Waals surface area (Å²) in [5.41, 5.74) is 6.55. The van der Waals surface area contributed by atoms with Gasteiger partial charge in [-0.15, -0.1) is 0 Å². The minimum absolute atomic E-state index is 0.00993. The second kappa shape index (κ2) is 6.56. The highest BCUT2D eigenvalue weighted by Gasteiger charge is 2.34. The molecule has 4 N–H and O–H groups in total. The molecule has 1 heterocycles. The molecule has 2 rings (SSSR count). The summed E-state index contributed by atoms with van der Waals surface area (Å²) in [6, 6.07) is 9.89. The lowest BCUT2D eigenvalue weighted by atomic mass is 9.95. The smallest absolute Gasteiger partial charge is 0.0995 e. The van der Waals surface area contributed by atoms with Crippen molar-refractivity contribution in [1.82, 2.24) is 4.90 Å². The molecule has 0 spiro atoms. The van der Waals surface area contributed by atoms with Crippen LogP contribution in [0.5, 0.6) is 0 Å². The summed E-state index contributed by atoms with van der Waals surface area (Å²) in [5.74, 6) is 0.0467. The number of morpholine rings is 1. The zero-order valence-electron chi connectivity index (χ0n) is 12.7. The van der Waals surface area contributed by atoms with Gasteiger partial charge < -0.3 is 15.6 Å². The van der Waals surface area contributed by atoms with Gasteiger partial charge in [-0.2, -0.15) is 0 Å². The van der Waals surface area contributed by atoms with Crippen molar-refractivity contribution in [3.8, 4) is 0 Å². The average molecular weight is 291 g/mol. The first kappa shape index (κ1) is 15.9. The second-order valence-electron chi connectivity index (χ2n) is 6.29. The molecule has 21 heavy (non-hydrogen) atoms. The molecule has 1 aromatic carbocycles. The molecule has 1 fully saturated rings. The Balaban J connectivity index is 2.12. The van der Waals surface area contributed by atoms with Gasteiger partial charge in [0.15, 0.2) is 0 Å². The third-order valence-electron chi connectivity index (χ3n) is 3.77. The number of nitrogens with one attached hydrogen (secondary N) is 1. The van der Waals surface area contributed by atoms with Crippen LogP contribution in [0.4, 0.5) is 0 Å². The quantitative estimate of drug-likeness (QED) is 0.562. The lowest BCUT2D eigenvalue weighted by Crippen LogP contribution is -2.55. The lowest BCUT2D eigenvalue weighted by molar-refractivity contribution is -0.148. The number of nitrogens with zero attached hydrogens (tertiary/aromatic N) is 1. The Morgan fingerprint density at radius 2 is 2.14 bits per heavy atom. The van der Waals surface area contributed by atoms with Crippen molar-refractivity contribution in [3.63, 3.8) is 0 Å². The maximum atomic E-state index is 9.38. The van der Waals surface area contributed by atoms with Crippen LogP contribution in [0.1, 0.15) is 25.3 Å². The SMILES string of the molecule is CC1(C)CN(CC(C(=N)N)c2ccccc2)CC(CO)O1. The molecule has 0 aliphatic carbocycles. The van der Waals surface area contributed by atoms with Crippen molar-refractivity contribution in [3.05, 3.63) is 35.9 Å². The number of hydrogen-bond donors (Lipinski definition) is 3. The Bertz CT molecular complexity index is 476. The zero-order chi connectivity index (χ0) is 15.5. The first-order chi connectivity index (χ1) is 9.91. The van der Waals surface area contributed by atoms with Crippen LogP contribution >= 0.6 is 0 Å². The molecule has 1 aliphatic rings. The van der Waals surface area contributed by atoms with E-state index in [2.05, 4.69) is 4.90 Å². The van der Waals surface area contributed by atoms with E-state index in [1.807, 2.05) is 44.2 Å². The van der Waals surface area contributed by atoms with Gasteiger partial charge in [0.05, 0.1) is 30.1 Å². The fourth-order valence-electron chi connectivity index (χ4n) is 2.98. The maximum Gasteiger partial charge on any atom is 0.0995 e. The van der Waals surface area contributed by atoms with Gasteiger partial charge in [0.25, 0.3) is 0 Å². The number of rotatable bonds is 5. The first-order valence-electron chi connectivity index (χ1n) is 7.31. The van der Waals surface area contributed by atoms with E-state index in [-0.39, 0.29) is 30.1 Å². The molecular formula is C16H25N3O2. The number of aliphatic hydroxyl groups excluding tert-OH is 1. The van der Waals surface area contributed by atoms with E-state index in [0.29, 0.717) is 13.1 Å². The molecule has 0 amide bonds. The number of amidine groups is 1. The van der Waals surface area contributed by atoms with Crippen LogP contribution in [0.2, 0.25) is 0 Å². The van der Waals surface area contributed by atoms with E-state index < -0.39 is 0 Å². The summed E-state index contributed by atoms with van der Waals surface area (Å²) in [6.45, 7) is 6.15. The Morgan fingerprint density at radius 1 is 1.48 bits per heavy atom. The predicted octanol–water partition coefficient (Wildman–Crippen LogP) is 1.18. The molecule has 0 aromatic heterocycles. The van der Waals surface area contributed by atoms with E-state index in [1.54, 1.807) is 0 Å². The lowest BCUT2D eigenvalue weighted by Gasteiger charge is -2.43. The molecular weight excluding hydrogens is 266 g/mol. The summed E-state index contributed by atoms with van der Waals surface area (Å²) in [7, 11) is 0. The topological polar surface area (TPSA) is 82.6 Å². The van der Waals surface area contributed by atoms with Gasteiger partial charge in [0, 0.05) is 19.6 Å². The van der Waals surface area contributed by atoms with Crippen LogP contribution in [0.25, 0.3) is 0 Å². The average Bonchev–Trinajstić information content (AvgIpc) is 2.43. The van der Waals surface area contributed by atoms with E-state index in [0.717, 1.165) is 12.1 Å². The molecule has 2 unspecified atom stereocenters. The number of hydrogen-bond acceptors (Lipinski definition) is 4. The normalized spacial score (nSPS) is 23.7. The molecule has 1 saturated heterocycles. The number of aliphatic hydroxyl groups is 1.